The summed E-state index contributed by atoms with van der Waals surface area (Å²) in [6.45, 7) is 0.602. The molecule has 0 radical (unpaired) electrons. The van der Waals surface area contributed by atoms with Gasteiger partial charge in [-0.3, -0.25) is 0 Å². The van der Waals surface area contributed by atoms with Crippen molar-refractivity contribution in [2.75, 3.05) is 27.4 Å². The average molecular weight is 393 g/mol. The molecule has 0 spiro atoms. The Balaban J connectivity index is 1.68. The molecule has 0 aliphatic rings. The van der Waals surface area contributed by atoms with Crippen molar-refractivity contribution >= 4 is 0 Å². The Morgan fingerprint density at radius 2 is 1.24 bits per heavy atom. The van der Waals surface area contributed by atoms with Gasteiger partial charge in [0, 0.05) is 6.54 Å². The lowest BCUT2D eigenvalue weighted by Crippen LogP contribution is -2.34. The Hall–Kier alpha value is -3.02. The maximum atomic E-state index is 10.4. The van der Waals surface area contributed by atoms with Crippen LogP contribution in [0.5, 0.6) is 17.2 Å². The lowest BCUT2D eigenvalue weighted by molar-refractivity contribution is 0.105. The molecule has 0 aliphatic heterocycles. The van der Waals surface area contributed by atoms with Gasteiger partial charge < -0.3 is 24.6 Å². The first-order valence-electron chi connectivity index (χ1n) is 9.57. The standard InChI is InChI=1S/C24H27NO4/c1-27-21-12-8-18(9-13-21)24(19-10-14-22(28-2)15-11-19)25-16-20(26)17-29-23-6-4-3-5-7-23/h3-15,20,24-26H,16-17H2,1-2H3. The molecule has 5 nitrogen and oxygen atoms in total. The van der Waals surface area contributed by atoms with Crippen LogP contribution >= 0.6 is 0 Å². The van der Waals surface area contributed by atoms with Crippen LogP contribution in [0.2, 0.25) is 0 Å². The second-order valence-corrected chi connectivity index (χ2v) is 6.67. The molecule has 29 heavy (non-hydrogen) atoms. The topological polar surface area (TPSA) is 60.0 Å². The number of benzene rings is 3. The van der Waals surface area contributed by atoms with E-state index < -0.39 is 6.10 Å². The Labute approximate surface area is 171 Å². The van der Waals surface area contributed by atoms with Crippen LogP contribution in [0, 0.1) is 0 Å². The van der Waals surface area contributed by atoms with E-state index in [-0.39, 0.29) is 12.6 Å². The fourth-order valence-corrected chi connectivity index (χ4v) is 3.04. The summed E-state index contributed by atoms with van der Waals surface area (Å²) in [5, 5.41) is 13.8. The Morgan fingerprint density at radius 3 is 1.72 bits per heavy atom. The maximum absolute atomic E-state index is 10.4. The van der Waals surface area contributed by atoms with Crippen molar-refractivity contribution in [1.29, 1.82) is 0 Å². The van der Waals surface area contributed by atoms with Crippen LogP contribution in [0.3, 0.4) is 0 Å². The highest BCUT2D eigenvalue weighted by Gasteiger charge is 2.16. The number of ether oxygens (including phenoxy) is 3. The Kier molecular flexibility index (Phi) is 7.50. The minimum absolute atomic E-state index is 0.0850. The number of methoxy groups -OCH3 is 2. The number of aliphatic hydroxyl groups excluding tert-OH is 1. The van der Waals surface area contributed by atoms with Gasteiger partial charge in [0.05, 0.1) is 20.3 Å². The van der Waals surface area contributed by atoms with Crippen LogP contribution < -0.4 is 19.5 Å². The van der Waals surface area contributed by atoms with Gasteiger partial charge in [-0.2, -0.15) is 0 Å². The molecule has 0 amide bonds. The molecule has 1 unspecified atom stereocenters. The molecule has 0 aromatic heterocycles. The summed E-state index contributed by atoms with van der Waals surface area (Å²) in [7, 11) is 3.30. The maximum Gasteiger partial charge on any atom is 0.119 e. The molecule has 0 saturated carbocycles. The first-order valence-corrected chi connectivity index (χ1v) is 9.57. The third kappa shape index (κ3) is 5.98. The highest BCUT2D eigenvalue weighted by molar-refractivity contribution is 5.37. The predicted molar refractivity (Wildman–Crippen MR) is 114 cm³/mol. The molecule has 3 aromatic carbocycles. The zero-order valence-corrected chi connectivity index (χ0v) is 16.7. The number of hydrogen-bond acceptors (Lipinski definition) is 5. The van der Waals surface area contributed by atoms with Crippen molar-refractivity contribution in [2.45, 2.75) is 12.1 Å². The summed E-state index contributed by atoms with van der Waals surface area (Å²) in [5.74, 6) is 2.35. The van der Waals surface area contributed by atoms with Crippen LogP contribution in [0.15, 0.2) is 78.9 Å². The van der Waals surface area contributed by atoms with Crippen LogP contribution in [0.1, 0.15) is 17.2 Å². The number of nitrogens with one attached hydrogen (secondary N) is 1. The van der Waals surface area contributed by atoms with E-state index in [4.69, 9.17) is 14.2 Å². The number of rotatable bonds is 10. The second kappa shape index (κ2) is 10.5. The SMILES string of the molecule is COc1ccc(C(NCC(O)COc2ccccc2)c2ccc(OC)cc2)cc1. The zero-order valence-electron chi connectivity index (χ0n) is 16.7. The summed E-state index contributed by atoms with van der Waals surface area (Å²) in [4.78, 5) is 0. The van der Waals surface area contributed by atoms with Crippen molar-refractivity contribution in [3.63, 3.8) is 0 Å². The minimum Gasteiger partial charge on any atom is -0.497 e. The zero-order chi connectivity index (χ0) is 20.5. The van der Waals surface area contributed by atoms with Crippen molar-refractivity contribution in [2.24, 2.45) is 0 Å². The quantitative estimate of drug-likeness (QED) is 0.548. The van der Waals surface area contributed by atoms with Gasteiger partial charge in [0.15, 0.2) is 0 Å². The molecule has 0 bridgehead atoms. The minimum atomic E-state index is -0.644. The predicted octanol–water partition coefficient (Wildman–Crippen LogP) is 3.82. The molecule has 152 valence electrons. The van der Waals surface area contributed by atoms with E-state index in [2.05, 4.69) is 5.32 Å². The molecule has 1 atom stereocenters. The largest absolute Gasteiger partial charge is 0.497 e. The average Bonchev–Trinajstić information content (AvgIpc) is 2.79. The molecule has 0 saturated heterocycles. The van der Waals surface area contributed by atoms with Gasteiger partial charge in [0.1, 0.15) is 30.0 Å². The molecular formula is C24H27NO4. The normalized spacial score (nSPS) is 11.9. The summed E-state index contributed by atoms with van der Waals surface area (Å²) in [5.41, 5.74) is 2.15. The third-order valence-electron chi connectivity index (χ3n) is 4.64. The third-order valence-corrected chi connectivity index (χ3v) is 4.64. The summed E-state index contributed by atoms with van der Waals surface area (Å²) in [6.07, 6.45) is -0.644. The Bertz CT molecular complexity index is 803. The molecule has 0 heterocycles. The summed E-state index contributed by atoms with van der Waals surface area (Å²) in [6, 6.07) is 25.2. The Morgan fingerprint density at radius 1 is 0.724 bits per heavy atom. The van der Waals surface area contributed by atoms with Crippen molar-refractivity contribution in [1.82, 2.24) is 5.32 Å². The molecule has 5 heteroatoms. The van der Waals surface area contributed by atoms with Gasteiger partial charge in [0.25, 0.3) is 0 Å². The van der Waals surface area contributed by atoms with E-state index in [1.165, 1.54) is 0 Å². The van der Waals surface area contributed by atoms with E-state index in [1.807, 2.05) is 78.9 Å². The number of aliphatic hydroxyl groups is 1. The lowest BCUT2D eigenvalue weighted by Gasteiger charge is -2.22. The second-order valence-electron chi connectivity index (χ2n) is 6.67. The first kappa shape index (κ1) is 20.7. The van der Waals surface area contributed by atoms with E-state index in [9.17, 15) is 5.11 Å². The number of hydrogen-bond donors (Lipinski definition) is 2. The van der Waals surface area contributed by atoms with Crippen molar-refractivity contribution in [3.05, 3.63) is 90.0 Å². The van der Waals surface area contributed by atoms with Crippen LogP contribution in [-0.2, 0) is 0 Å². The smallest absolute Gasteiger partial charge is 0.119 e. The highest BCUT2D eigenvalue weighted by Crippen LogP contribution is 2.26. The van der Waals surface area contributed by atoms with Crippen molar-refractivity contribution in [3.8, 4) is 17.2 Å². The van der Waals surface area contributed by atoms with Gasteiger partial charge in [-0.05, 0) is 47.5 Å². The van der Waals surface area contributed by atoms with Gasteiger partial charge in [0.2, 0.25) is 0 Å². The number of para-hydroxylation sites is 1. The molecule has 2 N–H and O–H groups in total. The monoisotopic (exact) mass is 393 g/mol. The van der Waals surface area contributed by atoms with Crippen LogP contribution in [-0.4, -0.2) is 38.6 Å². The highest BCUT2D eigenvalue weighted by atomic mass is 16.5. The van der Waals surface area contributed by atoms with Gasteiger partial charge in [-0.1, -0.05) is 42.5 Å². The fraction of sp³-hybridized carbons (Fsp3) is 0.250. The first-order chi connectivity index (χ1) is 14.2. The van der Waals surface area contributed by atoms with Gasteiger partial charge in [-0.15, -0.1) is 0 Å². The molecule has 0 fully saturated rings. The van der Waals surface area contributed by atoms with Crippen LogP contribution in [0.25, 0.3) is 0 Å². The lowest BCUT2D eigenvalue weighted by atomic mass is 9.98. The molecule has 0 aliphatic carbocycles. The van der Waals surface area contributed by atoms with Gasteiger partial charge >= 0.3 is 0 Å². The summed E-state index contributed by atoms with van der Waals surface area (Å²) >= 11 is 0. The molecular weight excluding hydrogens is 366 g/mol. The van der Waals surface area contributed by atoms with Crippen molar-refractivity contribution < 1.29 is 19.3 Å². The van der Waals surface area contributed by atoms with E-state index in [0.29, 0.717) is 6.54 Å². The van der Waals surface area contributed by atoms with E-state index >= 15 is 0 Å². The van der Waals surface area contributed by atoms with Crippen LogP contribution in [0.4, 0.5) is 0 Å². The van der Waals surface area contributed by atoms with E-state index in [1.54, 1.807) is 14.2 Å². The molecule has 3 rings (SSSR count). The fourth-order valence-electron chi connectivity index (χ4n) is 3.04. The summed E-state index contributed by atoms with van der Waals surface area (Å²) < 4.78 is 16.2. The van der Waals surface area contributed by atoms with Gasteiger partial charge in [-0.25, -0.2) is 0 Å². The molecule has 3 aromatic rings. The van der Waals surface area contributed by atoms with E-state index in [0.717, 1.165) is 28.4 Å².